The lowest BCUT2D eigenvalue weighted by Crippen LogP contribution is -2.36. The van der Waals surface area contributed by atoms with Gasteiger partial charge in [-0.2, -0.15) is 0 Å². The van der Waals surface area contributed by atoms with Gasteiger partial charge >= 0.3 is 11.9 Å². The normalized spacial score (nSPS) is 12.8. The number of methoxy groups -OCH3 is 1. The van der Waals surface area contributed by atoms with E-state index in [-0.39, 0.29) is 25.5 Å². The fourth-order valence-corrected chi connectivity index (χ4v) is 2.82. The van der Waals surface area contributed by atoms with Crippen molar-refractivity contribution in [1.82, 2.24) is 0 Å². The van der Waals surface area contributed by atoms with Gasteiger partial charge in [0, 0.05) is 5.69 Å². The fourth-order valence-electron chi connectivity index (χ4n) is 2.82. The number of esters is 2. The summed E-state index contributed by atoms with van der Waals surface area (Å²) in [6, 6.07) is 12.9. The highest BCUT2D eigenvalue weighted by molar-refractivity contribution is 6.00. The second kappa shape index (κ2) is 9.55. The van der Waals surface area contributed by atoms with Crippen molar-refractivity contribution in [2.45, 2.75) is 6.42 Å². The molecule has 0 bridgehead atoms. The van der Waals surface area contributed by atoms with Crippen molar-refractivity contribution in [1.29, 1.82) is 0 Å². The Labute approximate surface area is 172 Å². The Bertz CT molecular complexity index is 956. The van der Waals surface area contributed by atoms with Crippen molar-refractivity contribution in [2.75, 3.05) is 37.1 Å². The maximum Gasteiger partial charge on any atom is 0.337 e. The predicted octanol–water partition coefficient (Wildman–Crippen LogP) is 1.77. The van der Waals surface area contributed by atoms with Gasteiger partial charge in [0.1, 0.15) is 12.3 Å². The van der Waals surface area contributed by atoms with Crippen LogP contribution in [0, 0.1) is 0 Å². The predicted molar refractivity (Wildman–Crippen MR) is 106 cm³/mol. The molecule has 0 saturated heterocycles. The molecule has 2 aromatic rings. The first kappa shape index (κ1) is 20.8. The minimum Gasteiger partial charge on any atom is -0.491 e. The van der Waals surface area contributed by atoms with E-state index in [0.29, 0.717) is 22.7 Å². The number of para-hydroxylation sites is 2. The number of anilines is 2. The van der Waals surface area contributed by atoms with E-state index in [0.717, 1.165) is 0 Å². The Morgan fingerprint density at radius 1 is 1.10 bits per heavy atom. The van der Waals surface area contributed by atoms with Gasteiger partial charge in [0.05, 0.1) is 31.4 Å². The van der Waals surface area contributed by atoms with Crippen LogP contribution in [0.2, 0.25) is 0 Å². The quantitative estimate of drug-likeness (QED) is 0.720. The van der Waals surface area contributed by atoms with Crippen LogP contribution in [0.4, 0.5) is 11.4 Å². The van der Waals surface area contributed by atoms with Crippen LogP contribution >= 0.6 is 0 Å². The van der Waals surface area contributed by atoms with E-state index < -0.39 is 24.5 Å². The lowest BCUT2D eigenvalue weighted by molar-refractivity contribution is -0.146. The Morgan fingerprint density at radius 3 is 2.57 bits per heavy atom. The number of nitrogens with one attached hydrogen (secondary N) is 1. The van der Waals surface area contributed by atoms with Gasteiger partial charge in [-0.15, -0.1) is 0 Å². The van der Waals surface area contributed by atoms with E-state index >= 15 is 0 Å². The Morgan fingerprint density at radius 2 is 1.83 bits per heavy atom. The number of carbonyl (C=O) groups is 4. The van der Waals surface area contributed by atoms with Crippen LogP contribution in [0.5, 0.6) is 5.75 Å². The number of carbonyl (C=O) groups excluding carboxylic acids is 4. The zero-order valence-corrected chi connectivity index (χ0v) is 16.3. The van der Waals surface area contributed by atoms with Crippen molar-refractivity contribution in [3.05, 3.63) is 54.1 Å². The smallest absolute Gasteiger partial charge is 0.337 e. The fraction of sp³-hybridized carbons (Fsp3) is 0.238. The summed E-state index contributed by atoms with van der Waals surface area (Å²) in [6.07, 6.45) is 0.129. The molecule has 1 aliphatic rings. The molecule has 1 N–H and O–H groups in total. The zero-order valence-electron chi connectivity index (χ0n) is 16.3. The topological polar surface area (TPSA) is 111 Å². The molecular formula is C21H20N2O7. The molecule has 2 amide bonds. The average molecular weight is 412 g/mol. The highest BCUT2D eigenvalue weighted by atomic mass is 16.5. The minimum atomic E-state index is -0.726. The number of rotatable bonds is 6. The van der Waals surface area contributed by atoms with Crippen LogP contribution in [0.25, 0.3) is 0 Å². The summed E-state index contributed by atoms with van der Waals surface area (Å²) in [5, 5.41) is 2.55. The monoisotopic (exact) mass is 412 g/mol. The molecule has 0 radical (unpaired) electrons. The van der Waals surface area contributed by atoms with Crippen molar-refractivity contribution in [3.63, 3.8) is 0 Å². The molecule has 3 rings (SSSR count). The summed E-state index contributed by atoms with van der Waals surface area (Å²) in [5.74, 6) is -1.54. The maximum absolute atomic E-state index is 12.3. The number of benzene rings is 2. The van der Waals surface area contributed by atoms with Gasteiger partial charge in [0.25, 0.3) is 5.91 Å². The molecule has 1 heterocycles. The molecule has 0 unspecified atom stereocenters. The highest BCUT2D eigenvalue weighted by Crippen LogP contribution is 2.30. The van der Waals surface area contributed by atoms with Crippen molar-refractivity contribution in [3.8, 4) is 5.75 Å². The van der Waals surface area contributed by atoms with Crippen molar-refractivity contribution >= 4 is 35.1 Å². The summed E-state index contributed by atoms with van der Waals surface area (Å²) in [6.45, 7) is -0.628. The molecule has 0 aromatic heterocycles. The maximum atomic E-state index is 12.3. The number of ether oxygens (including phenoxy) is 3. The SMILES string of the molecule is COC(=O)c1ccc(NC(=O)COC(=O)CN2C(=O)CCOc3ccccc32)cc1. The van der Waals surface area contributed by atoms with Gasteiger partial charge in [-0.05, 0) is 36.4 Å². The molecule has 9 heteroatoms. The summed E-state index contributed by atoms with van der Waals surface area (Å²) in [7, 11) is 1.27. The van der Waals surface area contributed by atoms with Crippen molar-refractivity contribution < 1.29 is 33.4 Å². The summed E-state index contributed by atoms with van der Waals surface area (Å²) >= 11 is 0. The van der Waals surface area contributed by atoms with E-state index in [1.165, 1.54) is 36.3 Å². The molecule has 0 spiro atoms. The first-order chi connectivity index (χ1) is 14.5. The summed E-state index contributed by atoms with van der Waals surface area (Å²) in [4.78, 5) is 49.2. The second-order valence-corrected chi connectivity index (χ2v) is 6.32. The molecular weight excluding hydrogens is 392 g/mol. The third kappa shape index (κ3) is 5.13. The minimum absolute atomic E-state index is 0.129. The summed E-state index contributed by atoms with van der Waals surface area (Å²) < 4.78 is 15.1. The van der Waals surface area contributed by atoms with Crippen molar-refractivity contribution in [2.24, 2.45) is 0 Å². The Balaban J connectivity index is 1.53. The van der Waals surface area contributed by atoms with E-state index in [2.05, 4.69) is 10.1 Å². The van der Waals surface area contributed by atoms with Crippen LogP contribution in [0.1, 0.15) is 16.8 Å². The summed E-state index contributed by atoms with van der Waals surface area (Å²) in [5.41, 5.74) is 1.25. The number of fused-ring (bicyclic) bond motifs is 1. The number of hydrogen-bond acceptors (Lipinski definition) is 7. The Hall–Kier alpha value is -3.88. The molecule has 0 aliphatic carbocycles. The van der Waals surface area contributed by atoms with Gasteiger partial charge in [0.2, 0.25) is 5.91 Å². The second-order valence-electron chi connectivity index (χ2n) is 6.32. The van der Waals surface area contributed by atoms with E-state index in [1.807, 2.05) is 0 Å². The average Bonchev–Trinajstić information content (AvgIpc) is 2.91. The molecule has 30 heavy (non-hydrogen) atoms. The van der Waals surface area contributed by atoms with Gasteiger partial charge in [-0.3, -0.25) is 19.3 Å². The molecule has 0 atom stereocenters. The molecule has 1 aliphatic heterocycles. The first-order valence-electron chi connectivity index (χ1n) is 9.14. The van der Waals surface area contributed by atoms with Crippen LogP contribution in [-0.2, 0) is 23.9 Å². The lowest BCUT2D eigenvalue weighted by atomic mass is 10.2. The number of nitrogens with zero attached hydrogens (tertiary/aromatic N) is 1. The lowest BCUT2D eigenvalue weighted by Gasteiger charge is -2.20. The molecule has 9 nitrogen and oxygen atoms in total. The van der Waals surface area contributed by atoms with Gasteiger partial charge in [0.15, 0.2) is 6.61 Å². The van der Waals surface area contributed by atoms with Gasteiger partial charge < -0.3 is 19.5 Å². The van der Waals surface area contributed by atoms with E-state index in [4.69, 9.17) is 9.47 Å². The standard InChI is InChI=1S/C21H20N2O7/c1-28-21(27)14-6-8-15(9-7-14)22-18(24)13-30-20(26)12-23-16-4-2-3-5-17(16)29-11-10-19(23)25/h2-9H,10-13H2,1H3,(H,22,24). The molecule has 0 saturated carbocycles. The third-order valence-electron chi connectivity index (χ3n) is 4.27. The largest absolute Gasteiger partial charge is 0.491 e. The zero-order chi connectivity index (χ0) is 21.5. The number of amides is 2. The Kier molecular flexibility index (Phi) is 6.63. The molecule has 0 fully saturated rings. The van der Waals surface area contributed by atoms with Crippen LogP contribution < -0.4 is 15.0 Å². The van der Waals surface area contributed by atoms with E-state index in [9.17, 15) is 19.2 Å². The van der Waals surface area contributed by atoms with E-state index in [1.54, 1.807) is 24.3 Å². The first-order valence-corrected chi connectivity index (χ1v) is 9.14. The van der Waals surface area contributed by atoms with Gasteiger partial charge in [-0.1, -0.05) is 12.1 Å². The van der Waals surface area contributed by atoms with Gasteiger partial charge in [-0.25, -0.2) is 4.79 Å². The molecule has 156 valence electrons. The molecule has 2 aromatic carbocycles. The van der Waals surface area contributed by atoms with Crippen LogP contribution in [-0.4, -0.2) is 50.6 Å². The highest BCUT2D eigenvalue weighted by Gasteiger charge is 2.25. The van der Waals surface area contributed by atoms with Crippen LogP contribution in [0.3, 0.4) is 0 Å². The number of hydrogen-bond donors (Lipinski definition) is 1. The van der Waals surface area contributed by atoms with Crippen LogP contribution in [0.15, 0.2) is 48.5 Å². The third-order valence-corrected chi connectivity index (χ3v) is 4.27.